The van der Waals surface area contributed by atoms with Crippen LogP contribution in [-0.2, 0) is 20.7 Å². The number of nitrogens with one attached hydrogen (secondary N) is 1. The standard InChI is InChI=1S/C19H27FN2O3/c1-2-25-12-4-10-21-19(24)16-7-8-18(23)22(14-16)11-9-15-5-3-6-17(20)13-15/h3,5-6,13,16H,2,4,7-12,14H2,1H3,(H,21,24)/t16-/m0/s1. The van der Waals surface area contributed by atoms with Crippen molar-refractivity contribution in [3.63, 3.8) is 0 Å². The molecule has 1 aromatic rings. The maximum absolute atomic E-state index is 13.2. The maximum atomic E-state index is 13.2. The minimum atomic E-state index is -0.272. The Balaban J connectivity index is 1.77. The Morgan fingerprint density at radius 3 is 3.04 bits per heavy atom. The van der Waals surface area contributed by atoms with Crippen LogP contribution in [0.3, 0.4) is 0 Å². The van der Waals surface area contributed by atoms with Crippen molar-refractivity contribution in [3.8, 4) is 0 Å². The van der Waals surface area contributed by atoms with E-state index in [4.69, 9.17) is 4.74 Å². The molecule has 2 amide bonds. The molecular weight excluding hydrogens is 323 g/mol. The lowest BCUT2D eigenvalue weighted by Crippen LogP contribution is -2.46. The summed E-state index contributed by atoms with van der Waals surface area (Å²) in [4.78, 5) is 26.1. The number of hydrogen-bond acceptors (Lipinski definition) is 3. The number of carbonyl (C=O) groups excluding carboxylic acids is 2. The van der Waals surface area contributed by atoms with E-state index in [-0.39, 0.29) is 23.5 Å². The van der Waals surface area contributed by atoms with Gasteiger partial charge in [-0.3, -0.25) is 9.59 Å². The van der Waals surface area contributed by atoms with Gasteiger partial charge in [0.05, 0.1) is 5.92 Å². The van der Waals surface area contributed by atoms with E-state index in [1.165, 1.54) is 12.1 Å². The zero-order valence-electron chi connectivity index (χ0n) is 14.8. The van der Waals surface area contributed by atoms with Gasteiger partial charge in [0.1, 0.15) is 5.82 Å². The summed E-state index contributed by atoms with van der Waals surface area (Å²) in [7, 11) is 0. The van der Waals surface area contributed by atoms with E-state index < -0.39 is 0 Å². The zero-order valence-corrected chi connectivity index (χ0v) is 14.8. The number of benzene rings is 1. The van der Waals surface area contributed by atoms with Crippen LogP contribution < -0.4 is 5.32 Å². The average molecular weight is 350 g/mol. The largest absolute Gasteiger partial charge is 0.382 e. The highest BCUT2D eigenvalue weighted by molar-refractivity contribution is 5.83. The number of halogens is 1. The minimum Gasteiger partial charge on any atom is -0.382 e. The molecule has 0 spiro atoms. The number of rotatable bonds is 9. The molecule has 2 rings (SSSR count). The molecule has 5 nitrogen and oxygen atoms in total. The van der Waals surface area contributed by atoms with Crippen molar-refractivity contribution >= 4 is 11.8 Å². The molecule has 1 N–H and O–H groups in total. The highest BCUT2D eigenvalue weighted by Gasteiger charge is 2.29. The van der Waals surface area contributed by atoms with Crippen molar-refractivity contribution in [3.05, 3.63) is 35.6 Å². The van der Waals surface area contributed by atoms with E-state index in [1.807, 2.05) is 13.0 Å². The van der Waals surface area contributed by atoms with Crippen molar-refractivity contribution in [1.82, 2.24) is 10.2 Å². The number of hydrogen-bond donors (Lipinski definition) is 1. The Morgan fingerprint density at radius 1 is 1.44 bits per heavy atom. The molecule has 25 heavy (non-hydrogen) atoms. The first-order valence-corrected chi connectivity index (χ1v) is 8.97. The van der Waals surface area contributed by atoms with E-state index in [0.717, 1.165) is 12.0 Å². The van der Waals surface area contributed by atoms with E-state index in [2.05, 4.69) is 5.32 Å². The van der Waals surface area contributed by atoms with Gasteiger partial charge >= 0.3 is 0 Å². The second-order valence-corrected chi connectivity index (χ2v) is 6.30. The Kier molecular flexibility index (Phi) is 7.85. The van der Waals surface area contributed by atoms with Gasteiger partial charge in [-0.2, -0.15) is 0 Å². The number of piperidine rings is 1. The molecule has 0 aromatic heterocycles. The molecule has 0 unspecified atom stereocenters. The summed E-state index contributed by atoms with van der Waals surface area (Å²) in [6, 6.07) is 6.40. The molecule has 1 aliphatic rings. The monoisotopic (exact) mass is 350 g/mol. The molecule has 1 aliphatic heterocycles. The van der Waals surface area contributed by atoms with Gasteiger partial charge in [-0.15, -0.1) is 0 Å². The van der Waals surface area contributed by atoms with Crippen molar-refractivity contribution in [1.29, 1.82) is 0 Å². The molecule has 1 aromatic carbocycles. The normalized spacial score (nSPS) is 17.6. The topological polar surface area (TPSA) is 58.6 Å². The van der Waals surface area contributed by atoms with Gasteiger partial charge in [0, 0.05) is 39.3 Å². The van der Waals surface area contributed by atoms with Crippen LogP contribution in [0.25, 0.3) is 0 Å². The van der Waals surface area contributed by atoms with Crippen LogP contribution >= 0.6 is 0 Å². The summed E-state index contributed by atoms with van der Waals surface area (Å²) < 4.78 is 18.5. The number of likely N-dealkylation sites (tertiary alicyclic amines) is 1. The summed E-state index contributed by atoms with van der Waals surface area (Å²) in [5.74, 6) is -0.374. The van der Waals surface area contributed by atoms with Gasteiger partial charge < -0.3 is 15.0 Å². The van der Waals surface area contributed by atoms with E-state index >= 15 is 0 Å². The summed E-state index contributed by atoms with van der Waals surface area (Å²) >= 11 is 0. The van der Waals surface area contributed by atoms with Crippen LogP contribution in [0.1, 0.15) is 31.7 Å². The molecule has 1 heterocycles. The third-order valence-electron chi connectivity index (χ3n) is 4.40. The second-order valence-electron chi connectivity index (χ2n) is 6.30. The number of amides is 2. The fraction of sp³-hybridized carbons (Fsp3) is 0.579. The molecule has 1 fully saturated rings. The van der Waals surface area contributed by atoms with Crippen molar-refractivity contribution < 1.29 is 18.7 Å². The molecule has 0 aliphatic carbocycles. The zero-order chi connectivity index (χ0) is 18.1. The predicted octanol–water partition coefficient (Wildman–Crippen LogP) is 2.15. The molecule has 0 bridgehead atoms. The fourth-order valence-electron chi connectivity index (χ4n) is 2.98. The molecule has 138 valence electrons. The Hall–Kier alpha value is -1.95. The molecule has 6 heteroatoms. The van der Waals surface area contributed by atoms with Crippen LogP contribution in [0, 0.1) is 11.7 Å². The van der Waals surface area contributed by atoms with Crippen molar-refractivity contribution in [2.45, 2.75) is 32.6 Å². The number of carbonyl (C=O) groups is 2. The molecular formula is C19H27FN2O3. The molecule has 0 saturated carbocycles. The van der Waals surface area contributed by atoms with Crippen LogP contribution in [0.5, 0.6) is 0 Å². The molecule has 1 atom stereocenters. The minimum absolute atomic E-state index is 0.000228. The first-order valence-electron chi connectivity index (χ1n) is 8.97. The smallest absolute Gasteiger partial charge is 0.224 e. The van der Waals surface area contributed by atoms with Gasteiger partial charge in [-0.1, -0.05) is 12.1 Å². The first kappa shape index (κ1) is 19.4. The summed E-state index contributed by atoms with van der Waals surface area (Å²) in [5, 5.41) is 2.92. The van der Waals surface area contributed by atoms with Crippen LogP contribution in [0.15, 0.2) is 24.3 Å². The maximum Gasteiger partial charge on any atom is 0.224 e. The summed E-state index contributed by atoms with van der Waals surface area (Å²) in [6.45, 7) is 4.79. The first-order chi connectivity index (χ1) is 12.1. The number of nitrogens with zero attached hydrogens (tertiary/aromatic N) is 1. The Bertz CT molecular complexity index is 580. The van der Waals surface area contributed by atoms with Gasteiger partial charge in [0.25, 0.3) is 0 Å². The molecule has 1 saturated heterocycles. The lowest BCUT2D eigenvalue weighted by atomic mass is 9.96. The average Bonchev–Trinajstić information content (AvgIpc) is 2.60. The highest BCUT2D eigenvalue weighted by Crippen LogP contribution is 2.18. The molecule has 0 radical (unpaired) electrons. The number of ether oxygens (including phenoxy) is 1. The van der Waals surface area contributed by atoms with E-state index in [0.29, 0.717) is 52.1 Å². The third kappa shape index (κ3) is 6.46. The SMILES string of the molecule is CCOCCCNC(=O)[C@H]1CCC(=O)N(CCc2cccc(F)c2)C1. The van der Waals surface area contributed by atoms with Crippen LogP contribution in [0.2, 0.25) is 0 Å². The predicted molar refractivity (Wildman–Crippen MR) is 93.5 cm³/mol. The van der Waals surface area contributed by atoms with Crippen LogP contribution in [0.4, 0.5) is 4.39 Å². The van der Waals surface area contributed by atoms with Crippen molar-refractivity contribution in [2.24, 2.45) is 5.92 Å². The van der Waals surface area contributed by atoms with Gasteiger partial charge in [-0.25, -0.2) is 4.39 Å². The van der Waals surface area contributed by atoms with Crippen molar-refractivity contribution in [2.75, 3.05) is 32.8 Å². The Labute approximate surface area is 148 Å². The van der Waals surface area contributed by atoms with Gasteiger partial charge in [-0.05, 0) is 43.9 Å². The van der Waals surface area contributed by atoms with E-state index in [1.54, 1.807) is 11.0 Å². The van der Waals surface area contributed by atoms with Gasteiger partial charge in [0.2, 0.25) is 11.8 Å². The fourth-order valence-corrected chi connectivity index (χ4v) is 2.98. The summed E-state index contributed by atoms with van der Waals surface area (Å²) in [5.41, 5.74) is 0.857. The van der Waals surface area contributed by atoms with Crippen LogP contribution in [-0.4, -0.2) is 49.6 Å². The lowest BCUT2D eigenvalue weighted by Gasteiger charge is -2.32. The third-order valence-corrected chi connectivity index (χ3v) is 4.40. The highest BCUT2D eigenvalue weighted by atomic mass is 19.1. The Morgan fingerprint density at radius 2 is 2.28 bits per heavy atom. The lowest BCUT2D eigenvalue weighted by molar-refractivity contribution is -0.138. The quantitative estimate of drug-likeness (QED) is 0.694. The van der Waals surface area contributed by atoms with Gasteiger partial charge in [0.15, 0.2) is 0 Å². The van der Waals surface area contributed by atoms with E-state index in [9.17, 15) is 14.0 Å². The summed E-state index contributed by atoms with van der Waals surface area (Å²) in [6.07, 6.45) is 2.35. The second kappa shape index (κ2) is 10.1.